The second-order valence-corrected chi connectivity index (χ2v) is 2.34. The maximum Gasteiger partial charge on any atom is 0.707 e. The monoisotopic (exact) mass is 204 g/mol. The lowest BCUT2D eigenvalue weighted by Crippen LogP contribution is -2.21. The molecule has 1 rings (SSSR count). The van der Waals surface area contributed by atoms with Crippen LogP contribution in [0, 0.1) is 11.6 Å². The Morgan fingerprint density at radius 1 is 1.29 bits per heavy atom. The van der Waals surface area contributed by atoms with Crippen LogP contribution in [0.3, 0.4) is 0 Å². The van der Waals surface area contributed by atoms with Crippen molar-refractivity contribution in [2.45, 2.75) is 0 Å². The van der Waals surface area contributed by atoms with Crippen molar-refractivity contribution in [1.29, 1.82) is 0 Å². The van der Waals surface area contributed by atoms with Crippen LogP contribution in [0.1, 0.15) is 0 Å². The standard InChI is InChI=1S/C7H7BF2O4/c1-13-7-5(14-8(11)12)3-2-4(9)6(7)10/h2-3,11-12H,1H3. The fourth-order valence-corrected chi connectivity index (χ4v) is 0.911. The fourth-order valence-electron chi connectivity index (χ4n) is 0.911. The number of methoxy groups -OCH3 is 1. The molecule has 0 aliphatic carbocycles. The van der Waals surface area contributed by atoms with Gasteiger partial charge >= 0.3 is 7.32 Å². The van der Waals surface area contributed by atoms with Crippen LogP contribution < -0.4 is 9.39 Å². The zero-order chi connectivity index (χ0) is 10.7. The first-order valence-corrected chi connectivity index (χ1v) is 3.61. The summed E-state index contributed by atoms with van der Waals surface area (Å²) in [5.41, 5.74) is 0. The summed E-state index contributed by atoms with van der Waals surface area (Å²) >= 11 is 0. The molecule has 0 bridgehead atoms. The quantitative estimate of drug-likeness (QED) is 0.696. The Hall–Kier alpha value is -1.34. The smallest absolute Gasteiger partial charge is 0.509 e. The Balaban J connectivity index is 3.10. The molecule has 14 heavy (non-hydrogen) atoms. The van der Waals surface area contributed by atoms with Crippen LogP contribution in [0.4, 0.5) is 8.78 Å². The van der Waals surface area contributed by atoms with E-state index in [1.165, 1.54) is 0 Å². The molecule has 0 unspecified atom stereocenters. The molecule has 0 aliphatic heterocycles. The molecule has 0 heterocycles. The van der Waals surface area contributed by atoms with E-state index >= 15 is 0 Å². The predicted octanol–water partition coefficient (Wildman–Crippen LogP) is 0.322. The highest BCUT2D eigenvalue weighted by molar-refractivity contribution is 6.33. The highest BCUT2D eigenvalue weighted by atomic mass is 19.2. The van der Waals surface area contributed by atoms with Crippen LogP contribution >= 0.6 is 0 Å². The average molecular weight is 204 g/mol. The number of benzene rings is 1. The summed E-state index contributed by atoms with van der Waals surface area (Å²) in [6.07, 6.45) is 0. The summed E-state index contributed by atoms with van der Waals surface area (Å²) < 4.78 is 34.5. The second kappa shape index (κ2) is 4.25. The molecule has 0 saturated carbocycles. The van der Waals surface area contributed by atoms with Crippen molar-refractivity contribution in [2.24, 2.45) is 0 Å². The summed E-state index contributed by atoms with van der Waals surface area (Å²) in [5, 5.41) is 16.9. The van der Waals surface area contributed by atoms with E-state index < -0.39 is 24.7 Å². The fraction of sp³-hybridized carbons (Fsp3) is 0.143. The highest BCUT2D eigenvalue weighted by Crippen LogP contribution is 2.31. The number of hydrogen-bond donors (Lipinski definition) is 2. The zero-order valence-electron chi connectivity index (χ0n) is 7.20. The van der Waals surface area contributed by atoms with E-state index in [9.17, 15) is 8.78 Å². The van der Waals surface area contributed by atoms with E-state index in [1.54, 1.807) is 0 Å². The van der Waals surface area contributed by atoms with Crippen LogP contribution in [0.2, 0.25) is 0 Å². The molecule has 1 aromatic carbocycles. The Morgan fingerprint density at radius 3 is 2.43 bits per heavy atom. The minimum atomic E-state index is -2.12. The predicted molar refractivity (Wildman–Crippen MR) is 43.7 cm³/mol. The van der Waals surface area contributed by atoms with E-state index in [1.807, 2.05) is 0 Å². The molecule has 0 saturated heterocycles. The molecule has 2 N–H and O–H groups in total. The molecule has 76 valence electrons. The minimum absolute atomic E-state index is 0.290. The van der Waals surface area contributed by atoms with Gasteiger partial charge < -0.3 is 19.4 Å². The van der Waals surface area contributed by atoms with Crippen molar-refractivity contribution < 1.29 is 28.2 Å². The van der Waals surface area contributed by atoms with Crippen LogP contribution in [-0.4, -0.2) is 24.5 Å². The van der Waals surface area contributed by atoms with Gasteiger partial charge in [0.05, 0.1) is 7.11 Å². The molecule has 0 aromatic heterocycles. The summed E-state index contributed by atoms with van der Waals surface area (Å²) in [4.78, 5) is 0. The van der Waals surface area contributed by atoms with Gasteiger partial charge in [0.25, 0.3) is 0 Å². The molecular formula is C7H7BF2O4. The van der Waals surface area contributed by atoms with Crippen molar-refractivity contribution in [3.8, 4) is 11.5 Å². The van der Waals surface area contributed by atoms with Crippen LogP contribution in [0.15, 0.2) is 12.1 Å². The lowest BCUT2D eigenvalue weighted by molar-refractivity contribution is 0.274. The number of rotatable bonds is 3. The van der Waals surface area contributed by atoms with E-state index in [0.717, 1.165) is 19.2 Å². The van der Waals surface area contributed by atoms with Crippen LogP contribution in [-0.2, 0) is 0 Å². The molecule has 1 aromatic rings. The van der Waals surface area contributed by atoms with Gasteiger partial charge in [-0.25, -0.2) is 4.39 Å². The minimum Gasteiger partial charge on any atom is -0.509 e. The van der Waals surface area contributed by atoms with E-state index in [0.29, 0.717) is 0 Å². The first-order chi connectivity index (χ1) is 6.56. The van der Waals surface area contributed by atoms with Crippen molar-refractivity contribution in [1.82, 2.24) is 0 Å². The summed E-state index contributed by atoms with van der Waals surface area (Å²) in [5.74, 6) is -3.16. The van der Waals surface area contributed by atoms with Crippen LogP contribution in [0.25, 0.3) is 0 Å². The lowest BCUT2D eigenvalue weighted by atomic mass is 10.2. The summed E-state index contributed by atoms with van der Waals surface area (Å²) in [6.45, 7) is 0. The van der Waals surface area contributed by atoms with Crippen LogP contribution in [0.5, 0.6) is 11.5 Å². The second-order valence-electron chi connectivity index (χ2n) is 2.34. The molecule has 0 radical (unpaired) electrons. The Morgan fingerprint density at radius 2 is 1.93 bits per heavy atom. The number of hydrogen-bond acceptors (Lipinski definition) is 4. The molecule has 0 atom stereocenters. The third kappa shape index (κ3) is 2.12. The molecule has 0 aliphatic rings. The Kier molecular flexibility index (Phi) is 3.26. The summed E-state index contributed by atoms with van der Waals surface area (Å²) in [7, 11) is -1.01. The first-order valence-electron chi connectivity index (χ1n) is 3.61. The average Bonchev–Trinajstić information content (AvgIpc) is 2.11. The lowest BCUT2D eigenvalue weighted by Gasteiger charge is -2.10. The van der Waals surface area contributed by atoms with Gasteiger partial charge in [-0.3, -0.25) is 0 Å². The Labute approximate surface area is 78.9 Å². The van der Waals surface area contributed by atoms with Gasteiger partial charge in [0.2, 0.25) is 5.82 Å². The Bertz CT molecular complexity index is 332. The largest absolute Gasteiger partial charge is 0.707 e. The maximum atomic E-state index is 13.0. The maximum absolute atomic E-state index is 13.0. The van der Waals surface area contributed by atoms with Gasteiger partial charge in [0.15, 0.2) is 11.6 Å². The third-order valence-corrected chi connectivity index (χ3v) is 1.45. The first kappa shape index (κ1) is 10.7. The van der Waals surface area contributed by atoms with Crippen molar-refractivity contribution >= 4 is 7.32 Å². The van der Waals surface area contributed by atoms with Crippen molar-refractivity contribution in [3.05, 3.63) is 23.8 Å². The van der Waals surface area contributed by atoms with Gasteiger partial charge in [-0.15, -0.1) is 0 Å². The van der Waals surface area contributed by atoms with Gasteiger partial charge in [-0.1, -0.05) is 0 Å². The SMILES string of the molecule is COc1c(OB(O)O)ccc(F)c1F. The number of halogens is 2. The molecule has 0 spiro atoms. The molecule has 0 fully saturated rings. The normalized spacial score (nSPS) is 9.79. The molecule has 7 heteroatoms. The highest BCUT2D eigenvalue weighted by Gasteiger charge is 2.19. The van der Waals surface area contributed by atoms with Gasteiger partial charge in [0, 0.05) is 0 Å². The summed E-state index contributed by atoms with van der Waals surface area (Å²) in [6, 6.07) is 1.81. The molecule has 0 amide bonds. The topological polar surface area (TPSA) is 58.9 Å². The van der Waals surface area contributed by atoms with Gasteiger partial charge in [-0.2, -0.15) is 4.39 Å². The van der Waals surface area contributed by atoms with Gasteiger partial charge in [0.1, 0.15) is 5.75 Å². The van der Waals surface area contributed by atoms with E-state index in [4.69, 9.17) is 10.0 Å². The molecular weight excluding hydrogens is 197 g/mol. The van der Waals surface area contributed by atoms with Gasteiger partial charge in [-0.05, 0) is 12.1 Å². The zero-order valence-corrected chi connectivity index (χ0v) is 7.20. The molecule has 4 nitrogen and oxygen atoms in total. The van der Waals surface area contributed by atoms with Crippen molar-refractivity contribution in [2.75, 3.05) is 7.11 Å². The number of ether oxygens (including phenoxy) is 1. The van der Waals surface area contributed by atoms with Crippen molar-refractivity contribution in [3.63, 3.8) is 0 Å². The third-order valence-electron chi connectivity index (χ3n) is 1.45. The van der Waals surface area contributed by atoms with E-state index in [2.05, 4.69) is 9.39 Å². The van der Waals surface area contributed by atoms with E-state index in [-0.39, 0.29) is 5.75 Å².